The lowest BCUT2D eigenvalue weighted by molar-refractivity contribution is 1.12. The fourth-order valence-corrected chi connectivity index (χ4v) is 3.44. The highest BCUT2D eigenvalue weighted by Crippen LogP contribution is 2.32. The number of nitrogens with zero attached hydrogens (tertiary/aromatic N) is 3. The summed E-state index contributed by atoms with van der Waals surface area (Å²) in [6.07, 6.45) is 4.70. The number of H-pyrrole nitrogens is 1. The predicted octanol–water partition coefficient (Wildman–Crippen LogP) is 3.76. The van der Waals surface area contributed by atoms with Crippen LogP contribution >= 0.6 is 22.9 Å². The Labute approximate surface area is 139 Å². The average Bonchev–Trinajstić information content (AvgIpc) is 3.00. The molecule has 0 spiro atoms. The van der Waals surface area contributed by atoms with Crippen LogP contribution in [-0.2, 0) is 0 Å². The first-order valence-electron chi connectivity index (χ1n) is 6.77. The van der Waals surface area contributed by atoms with Gasteiger partial charge in [0.1, 0.15) is 10.4 Å². The smallest absolute Gasteiger partial charge is 0.269 e. The monoisotopic (exact) mass is 340 g/mol. The number of hydrogen-bond donors (Lipinski definition) is 1. The predicted molar refractivity (Wildman–Crippen MR) is 91.7 cm³/mol. The molecule has 1 aromatic carbocycles. The molecule has 0 fully saturated rings. The SMILES string of the molecule is O=c1[nH]c(-c2cnccn2)nc2cc(-c3cccc(Cl)c3)sc12. The van der Waals surface area contributed by atoms with Crippen LogP contribution in [0.25, 0.3) is 32.2 Å². The minimum absolute atomic E-state index is 0.186. The summed E-state index contributed by atoms with van der Waals surface area (Å²) in [5, 5.41) is 0.655. The molecule has 0 aliphatic carbocycles. The molecule has 3 heterocycles. The zero-order chi connectivity index (χ0) is 15.8. The van der Waals surface area contributed by atoms with Crippen molar-refractivity contribution in [1.29, 1.82) is 0 Å². The Morgan fingerprint density at radius 1 is 1.17 bits per heavy atom. The van der Waals surface area contributed by atoms with E-state index in [2.05, 4.69) is 19.9 Å². The molecule has 112 valence electrons. The molecule has 4 aromatic rings. The van der Waals surface area contributed by atoms with Crippen LogP contribution in [0.4, 0.5) is 0 Å². The van der Waals surface area contributed by atoms with Crippen LogP contribution in [0.3, 0.4) is 0 Å². The standard InChI is InChI=1S/C16H9ClN4OS/c17-10-3-1-2-9(6-10)13-7-11-14(23-13)16(22)21-15(20-11)12-8-18-4-5-19-12/h1-8H,(H,20,21,22). The van der Waals surface area contributed by atoms with E-state index in [-0.39, 0.29) is 5.56 Å². The highest BCUT2D eigenvalue weighted by atomic mass is 35.5. The van der Waals surface area contributed by atoms with E-state index in [9.17, 15) is 4.79 Å². The number of aromatic nitrogens is 4. The first kappa shape index (κ1) is 14.0. The molecule has 0 saturated carbocycles. The quantitative estimate of drug-likeness (QED) is 0.603. The van der Waals surface area contributed by atoms with Crippen LogP contribution in [0, 0.1) is 0 Å². The summed E-state index contributed by atoms with van der Waals surface area (Å²) in [5.41, 5.74) is 1.94. The maximum absolute atomic E-state index is 12.3. The Bertz CT molecular complexity index is 1060. The summed E-state index contributed by atoms with van der Waals surface area (Å²) < 4.78 is 0.576. The van der Waals surface area contributed by atoms with Crippen molar-refractivity contribution in [3.63, 3.8) is 0 Å². The molecule has 0 aliphatic rings. The third-order valence-electron chi connectivity index (χ3n) is 3.30. The molecular formula is C16H9ClN4OS. The van der Waals surface area contributed by atoms with E-state index in [0.29, 0.717) is 26.8 Å². The Kier molecular flexibility index (Phi) is 3.40. The van der Waals surface area contributed by atoms with Gasteiger partial charge in [-0.3, -0.25) is 9.78 Å². The van der Waals surface area contributed by atoms with E-state index in [4.69, 9.17) is 11.6 Å². The highest BCUT2D eigenvalue weighted by Gasteiger charge is 2.12. The first-order valence-corrected chi connectivity index (χ1v) is 7.96. The largest absolute Gasteiger partial charge is 0.304 e. The molecule has 4 rings (SSSR count). The summed E-state index contributed by atoms with van der Waals surface area (Å²) in [6, 6.07) is 9.40. The van der Waals surface area contributed by atoms with Crippen LogP contribution in [0.15, 0.2) is 53.7 Å². The number of nitrogens with one attached hydrogen (secondary N) is 1. The van der Waals surface area contributed by atoms with Crippen LogP contribution in [-0.4, -0.2) is 19.9 Å². The summed E-state index contributed by atoms with van der Waals surface area (Å²) in [5.74, 6) is 0.408. The van der Waals surface area contributed by atoms with Gasteiger partial charge in [0.05, 0.1) is 11.7 Å². The van der Waals surface area contributed by atoms with Crippen LogP contribution in [0.5, 0.6) is 0 Å². The second-order valence-corrected chi connectivity index (χ2v) is 6.33. The average molecular weight is 341 g/mol. The van der Waals surface area contributed by atoms with Gasteiger partial charge in [-0.05, 0) is 23.8 Å². The van der Waals surface area contributed by atoms with E-state index in [1.165, 1.54) is 11.3 Å². The number of aromatic amines is 1. The second kappa shape index (κ2) is 5.57. The van der Waals surface area contributed by atoms with E-state index in [1.807, 2.05) is 30.3 Å². The molecular weight excluding hydrogens is 332 g/mol. The summed E-state index contributed by atoms with van der Waals surface area (Å²) >= 11 is 7.42. The highest BCUT2D eigenvalue weighted by molar-refractivity contribution is 7.22. The van der Waals surface area contributed by atoms with Crippen LogP contribution in [0.1, 0.15) is 0 Å². The Hall–Kier alpha value is -2.57. The van der Waals surface area contributed by atoms with Gasteiger partial charge in [-0.1, -0.05) is 23.7 Å². The fraction of sp³-hybridized carbons (Fsp3) is 0. The van der Waals surface area contributed by atoms with Gasteiger partial charge in [0, 0.05) is 22.3 Å². The van der Waals surface area contributed by atoms with Gasteiger partial charge in [0.2, 0.25) is 0 Å². The Morgan fingerprint density at radius 3 is 2.87 bits per heavy atom. The lowest BCUT2D eigenvalue weighted by atomic mass is 10.2. The molecule has 0 unspecified atom stereocenters. The third-order valence-corrected chi connectivity index (χ3v) is 4.71. The van der Waals surface area contributed by atoms with Crippen molar-refractivity contribution in [2.75, 3.05) is 0 Å². The van der Waals surface area contributed by atoms with Crippen molar-refractivity contribution in [3.8, 4) is 22.0 Å². The molecule has 0 atom stereocenters. The molecule has 0 bridgehead atoms. The normalized spacial score (nSPS) is 11.0. The number of benzene rings is 1. The number of rotatable bonds is 2. The molecule has 3 aromatic heterocycles. The summed E-state index contributed by atoms with van der Waals surface area (Å²) in [7, 11) is 0. The Balaban J connectivity index is 1.89. The van der Waals surface area contributed by atoms with Gasteiger partial charge in [-0.25, -0.2) is 9.97 Å². The van der Waals surface area contributed by atoms with Gasteiger partial charge in [0.15, 0.2) is 5.82 Å². The molecule has 7 heteroatoms. The van der Waals surface area contributed by atoms with Crippen molar-refractivity contribution in [2.45, 2.75) is 0 Å². The van der Waals surface area contributed by atoms with Gasteiger partial charge in [-0.2, -0.15) is 0 Å². The molecule has 23 heavy (non-hydrogen) atoms. The van der Waals surface area contributed by atoms with E-state index in [0.717, 1.165) is 10.4 Å². The van der Waals surface area contributed by atoms with Crippen molar-refractivity contribution < 1.29 is 0 Å². The van der Waals surface area contributed by atoms with Crippen molar-refractivity contribution >= 4 is 33.2 Å². The molecule has 0 saturated heterocycles. The zero-order valence-corrected chi connectivity index (χ0v) is 13.2. The summed E-state index contributed by atoms with van der Waals surface area (Å²) in [4.78, 5) is 28.7. The fourth-order valence-electron chi connectivity index (χ4n) is 2.27. The number of hydrogen-bond acceptors (Lipinski definition) is 5. The lowest BCUT2D eigenvalue weighted by Gasteiger charge is -1.98. The second-order valence-electron chi connectivity index (χ2n) is 4.84. The third kappa shape index (κ3) is 2.62. The first-order chi connectivity index (χ1) is 11.2. The van der Waals surface area contributed by atoms with E-state index < -0.39 is 0 Å². The Morgan fingerprint density at radius 2 is 2.09 bits per heavy atom. The molecule has 5 nitrogen and oxygen atoms in total. The number of thiophene rings is 1. The van der Waals surface area contributed by atoms with Crippen molar-refractivity contribution in [2.24, 2.45) is 0 Å². The zero-order valence-electron chi connectivity index (χ0n) is 11.7. The van der Waals surface area contributed by atoms with Crippen LogP contribution in [0.2, 0.25) is 5.02 Å². The van der Waals surface area contributed by atoms with Gasteiger partial charge in [-0.15, -0.1) is 11.3 Å². The molecule has 0 aliphatic heterocycles. The maximum atomic E-state index is 12.3. The van der Waals surface area contributed by atoms with Gasteiger partial charge >= 0.3 is 0 Å². The van der Waals surface area contributed by atoms with Crippen molar-refractivity contribution in [3.05, 3.63) is 64.3 Å². The van der Waals surface area contributed by atoms with Crippen molar-refractivity contribution in [1.82, 2.24) is 19.9 Å². The topological polar surface area (TPSA) is 71.5 Å². The number of halogens is 1. The van der Waals surface area contributed by atoms with E-state index >= 15 is 0 Å². The minimum atomic E-state index is -0.186. The van der Waals surface area contributed by atoms with Crippen LogP contribution < -0.4 is 5.56 Å². The van der Waals surface area contributed by atoms with Gasteiger partial charge in [0.25, 0.3) is 5.56 Å². The van der Waals surface area contributed by atoms with Gasteiger partial charge < -0.3 is 4.98 Å². The van der Waals surface area contributed by atoms with E-state index in [1.54, 1.807) is 18.6 Å². The maximum Gasteiger partial charge on any atom is 0.269 e. The number of fused-ring (bicyclic) bond motifs is 1. The molecule has 0 amide bonds. The molecule has 0 radical (unpaired) electrons. The molecule has 1 N–H and O–H groups in total. The lowest BCUT2D eigenvalue weighted by Crippen LogP contribution is -2.08. The summed E-state index contributed by atoms with van der Waals surface area (Å²) in [6.45, 7) is 0. The minimum Gasteiger partial charge on any atom is -0.304 e.